The minimum Gasteiger partial charge on any atom is -0.342 e. The molecular formula is C32H51F2N3O. The lowest BCUT2D eigenvalue weighted by Gasteiger charge is -2.49. The number of hydrogen-bond acceptors (Lipinski definition) is 3. The summed E-state index contributed by atoms with van der Waals surface area (Å²) in [6, 6.07) is 3.85. The van der Waals surface area contributed by atoms with Crippen LogP contribution in [0.25, 0.3) is 0 Å². The highest BCUT2D eigenvalue weighted by Gasteiger charge is 2.47. The Balaban J connectivity index is 1.51. The second kappa shape index (κ2) is 12.3. The maximum Gasteiger partial charge on any atom is 0.227 e. The van der Waals surface area contributed by atoms with Crippen LogP contribution in [0.2, 0.25) is 0 Å². The lowest BCUT2D eigenvalue weighted by molar-refractivity contribution is -0.139. The molecule has 1 aromatic carbocycles. The summed E-state index contributed by atoms with van der Waals surface area (Å²) in [5.74, 6) is -0.726. The van der Waals surface area contributed by atoms with Gasteiger partial charge in [-0.2, -0.15) is 0 Å². The van der Waals surface area contributed by atoms with E-state index in [2.05, 4.69) is 49.3 Å². The average molecular weight is 532 g/mol. The number of rotatable bonds is 8. The molecular weight excluding hydrogens is 480 g/mol. The lowest BCUT2D eigenvalue weighted by atomic mass is 9.62. The fraction of sp³-hybridized carbons (Fsp3) is 0.781. The molecule has 214 valence electrons. The predicted octanol–water partition coefficient (Wildman–Crippen LogP) is 6.70. The topological polar surface area (TPSA) is 26.8 Å². The number of piperidine rings is 1. The Labute approximate surface area is 230 Å². The van der Waals surface area contributed by atoms with E-state index in [-0.39, 0.29) is 23.3 Å². The minimum absolute atomic E-state index is 0.119. The molecule has 0 spiro atoms. The average Bonchev–Trinajstić information content (AvgIpc) is 3.36. The van der Waals surface area contributed by atoms with E-state index < -0.39 is 11.6 Å². The molecule has 1 aliphatic carbocycles. The van der Waals surface area contributed by atoms with Gasteiger partial charge in [-0.05, 0) is 95.5 Å². The number of nitrogens with zero attached hydrogens (tertiary/aromatic N) is 3. The molecule has 2 heterocycles. The van der Waals surface area contributed by atoms with Crippen LogP contribution in [0.5, 0.6) is 0 Å². The third-order valence-corrected chi connectivity index (χ3v) is 10.3. The van der Waals surface area contributed by atoms with Gasteiger partial charge in [0.05, 0.1) is 5.92 Å². The zero-order chi connectivity index (χ0) is 27.5. The van der Waals surface area contributed by atoms with Gasteiger partial charge in [0.25, 0.3) is 0 Å². The summed E-state index contributed by atoms with van der Waals surface area (Å²) in [5.41, 5.74) is 0.686. The van der Waals surface area contributed by atoms with Gasteiger partial charge in [0, 0.05) is 43.7 Å². The number of carbonyl (C=O) groups is 1. The number of hydrogen-bond donors (Lipinski definition) is 0. The Kier molecular flexibility index (Phi) is 9.55. The van der Waals surface area contributed by atoms with E-state index in [1.54, 1.807) is 6.07 Å². The Morgan fingerprint density at radius 2 is 1.68 bits per heavy atom. The molecule has 0 bridgehead atoms. The van der Waals surface area contributed by atoms with E-state index in [4.69, 9.17) is 0 Å². The molecule has 0 aromatic heterocycles. The van der Waals surface area contributed by atoms with Crippen molar-refractivity contribution in [3.63, 3.8) is 0 Å². The summed E-state index contributed by atoms with van der Waals surface area (Å²) in [6.45, 7) is 17.1. The number of likely N-dealkylation sites (tertiary alicyclic amines) is 2. The maximum atomic E-state index is 14.9. The number of benzene rings is 1. The highest BCUT2D eigenvalue weighted by Crippen LogP contribution is 2.49. The predicted molar refractivity (Wildman–Crippen MR) is 151 cm³/mol. The summed E-state index contributed by atoms with van der Waals surface area (Å²) in [6.07, 6.45) is 10.1. The van der Waals surface area contributed by atoms with Crippen molar-refractivity contribution < 1.29 is 13.6 Å². The van der Waals surface area contributed by atoms with Crippen molar-refractivity contribution in [2.75, 3.05) is 45.8 Å². The largest absolute Gasteiger partial charge is 0.342 e. The molecule has 1 saturated carbocycles. The van der Waals surface area contributed by atoms with Gasteiger partial charge in [0.1, 0.15) is 11.6 Å². The van der Waals surface area contributed by atoms with Crippen molar-refractivity contribution in [1.82, 2.24) is 14.7 Å². The second-order valence-electron chi connectivity index (χ2n) is 13.3. The van der Waals surface area contributed by atoms with Crippen LogP contribution < -0.4 is 0 Å². The molecule has 2 atom stereocenters. The zero-order valence-corrected chi connectivity index (χ0v) is 24.6. The quantitative estimate of drug-likeness (QED) is 0.373. The Morgan fingerprint density at radius 3 is 2.26 bits per heavy atom. The Hall–Kier alpha value is -1.53. The van der Waals surface area contributed by atoms with Crippen LogP contribution in [-0.2, 0) is 4.79 Å². The maximum absolute atomic E-state index is 14.9. The van der Waals surface area contributed by atoms with Gasteiger partial charge < -0.3 is 9.80 Å². The first-order chi connectivity index (χ1) is 18.1. The highest BCUT2D eigenvalue weighted by atomic mass is 19.1. The first-order valence-electron chi connectivity index (χ1n) is 15.3. The van der Waals surface area contributed by atoms with Crippen LogP contribution in [0.3, 0.4) is 0 Å². The van der Waals surface area contributed by atoms with Crippen molar-refractivity contribution in [2.45, 2.75) is 97.4 Å². The van der Waals surface area contributed by atoms with Gasteiger partial charge in [-0.1, -0.05) is 39.2 Å². The summed E-state index contributed by atoms with van der Waals surface area (Å²) in [4.78, 5) is 21.0. The summed E-state index contributed by atoms with van der Waals surface area (Å²) < 4.78 is 28.6. The molecule has 0 radical (unpaired) electrons. The van der Waals surface area contributed by atoms with Crippen molar-refractivity contribution in [3.05, 3.63) is 35.4 Å². The first-order valence-corrected chi connectivity index (χ1v) is 15.3. The van der Waals surface area contributed by atoms with Gasteiger partial charge in [-0.25, -0.2) is 8.78 Å². The molecule has 2 aliphatic heterocycles. The molecule has 4 nitrogen and oxygen atoms in total. The first kappa shape index (κ1) is 29.5. The van der Waals surface area contributed by atoms with Crippen LogP contribution in [0.4, 0.5) is 8.78 Å². The summed E-state index contributed by atoms with van der Waals surface area (Å²) in [7, 11) is 0. The smallest absolute Gasteiger partial charge is 0.227 e. The van der Waals surface area contributed by atoms with Gasteiger partial charge in [-0.3, -0.25) is 9.69 Å². The van der Waals surface area contributed by atoms with Crippen LogP contribution in [-0.4, -0.2) is 72.0 Å². The molecule has 1 amide bonds. The van der Waals surface area contributed by atoms with Gasteiger partial charge in [-0.15, -0.1) is 0 Å². The molecule has 38 heavy (non-hydrogen) atoms. The minimum atomic E-state index is -0.570. The fourth-order valence-corrected chi connectivity index (χ4v) is 7.62. The van der Waals surface area contributed by atoms with E-state index >= 15 is 0 Å². The third-order valence-electron chi connectivity index (χ3n) is 10.3. The Morgan fingerprint density at radius 1 is 1.03 bits per heavy atom. The number of carbonyl (C=O) groups excluding carboxylic acids is 1. The van der Waals surface area contributed by atoms with Gasteiger partial charge in [0.2, 0.25) is 5.91 Å². The molecule has 2 saturated heterocycles. The van der Waals surface area contributed by atoms with Crippen LogP contribution >= 0.6 is 0 Å². The Bertz CT molecular complexity index is 927. The molecule has 0 N–H and O–H groups in total. The van der Waals surface area contributed by atoms with Crippen molar-refractivity contribution >= 4 is 5.91 Å². The monoisotopic (exact) mass is 531 g/mol. The second-order valence-corrected chi connectivity index (χ2v) is 13.3. The standard InChI is InChI=1S/C32H51F2N3O/c1-6-35(7-2)18-15-32(24-11-9-8-10-12-24)16-19-36(20-17-32)30(38)28-23-37(31(3,4)5)22-27(28)26-14-13-25(33)21-29(26)34/h13-14,21,24,27-28H,6-12,15-20,22-23H2,1-5H3/t27-,28+/m0/s1. The zero-order valence-electron chi connectivity index (χ0n) is 24.6. The molecule has 6 heteroatoms. The van der Waals surface area contributed by atoms with Crippen LogP contribution in [0, 0.1) is 28.9 Å². The van der Waals surface area contributed by atoms with Crippen molar-refractivity contribution in [2.24, 2.45) is 17.3 Å². The van der Waals surface area contributed by atoms with E-state index in [1.807, 2.05) is 0 Å². The summed E-state index contributed by atoms with van der Waals surface area (Å²) >= 11 is 0. The number of halogens is 2. The molecule has 1 aromatic rings. The normalized spacial score (nSPS) is 25.3. The van der Waals surface area contributed by atoms with E-state index in [1.165, 1.54) is 44.6 Å². The highest BCUT2D eigenvalue weighted by molar-refractivity contribution is 5.81. The number of amides is 1. The molecule has 0 unspecified atom stereocenters. The van der Waals surface area contributed by atoms with Crippen molar-refractivity contribution in [1.29, 1.82) is 0 Å². The van der Waals surface area contributed by atoms with E-state index in [9.17, 15) is 13.6 Å². The SMILES string of the molecule is CCN(CC)CCC1(C2CCCCC2)CCN(C(=O)[C@@H]2CN(C(C)(C)C)C[C@H]2c2ccc(F)cc2F)CC1. The summed E-state index contributed by atoms with van der Waals surface area (Å²) in [5, 5.41) is 0. The molecule has 3 fully saturated rings. The van der Waals surface area contributed by atoms with Crippen LogP contribution in [0.1, 0.15) is 97.5 Å². The van der Waals surface area contributed by atoms with Crippen LogP contribution in [0.15, 0.2) is 18.2 Å². The van der Waals surface area contributed by atoms with Gasteiger partial charge >= 0.3 is 0 Å². The van der Waals surface area contributed by atoms with E-state index in [0.29, 0.717) is 24.1 Å². The lowest BCUT2D eigenvalue weighted by Crippen LogP contribution is -2.50. The third kappa shape index (κ3) is 6.43. The van der Waals surface area contributed by atoms with Crippen molar-refractivity contribution in [3.8, 4) is 0 Å². The van der Waals surface area contributed by atoms with Gasteiger partial charge in [0.15, 0.2) is 0 Å². The van der Waals surface area contributed by atoms with E-state index in [0.717, 1.165) is 57.5 Å². The fourth-order valence-electron chi connectivity index (χ4n) is 7.62. The molecule has 4 rings (SSSR count). The molecule has 3 aliphatic rings.